The minimum absolute atomic E-state index is 0.124. The first-order valence-corrected chi connectivity index (χ1v) is 6.71. The van der Waals surface area contributed by atoms with Gasteiger partial charge >= 0.3 is 0 Å². The summed E-state index contributed by atoms with van der Waals surface area (Å²) in [5.41, 5.74) is 8.49. The number of anilines is 2. The van der Waals surface area contributed by atoms with E-state index >= 15 is 0 Å². The van der Waals surface area contributed by atoms with Crippen LogP contribution in [0.4, 0.5) is 11.4 Å². The number of allylic oxidation sites excluding steroid dienone is 1. The number of rotatable bonds is 2. The molecule has 0 aliphatic carbocycles. The van der Waals surface area contributed by atoms with E-state index in [0.29, 0.717) is 17.2 Å². The third-order valence-corrected chi connectivity index (χ3v) is 3.32. The molecule has 1 heterocycles. The Morgan fingerprint density at radius 1 is 1.05 bits per heavy atom. The van der Waals surface area contributed by atoms with Gasteiger partial charge in [0.05, 0.1) is 5.69 Å². The monoisotopic (exact) mass is 277 g/mol. The molecule has 0 radical (unpaired) electrons. The maximum atomic E-state index is 12.5. The molecule has 104 valence electrons. The van der Waals surface area contributed by atoms with E-state index in [1.165, 1.54) is 0 Å². The summed E-state index contributed by atoms with van der Waals surface area (Å²) in [7, 11) is 0. The number of hydrogen-bond donors (Lipinski definition) is 1. The van der Waals surface area contributed by atoms with Crippen LogP contribution in [0.1, 0.15) is 12.5 Å². The fourth-order valence-electron chi connectivity index (χ4n) is 2.25. The predicted octanol–water partition coefficient (Wildman–Crippen LogP) is 2.97. The van der Waals surface area contributed by atoms with E-state index in [0.717, 1.165) is 11.3 Å². The maximum Gasteiger partial charge on any atom is 0.282 e. The van der Waals surface area contributed by atoms with Gasteiger partial charge in [-0.15, -0.1) is 0 Å². The number of benzene rings is 2. The number of amides is 1. The van der Waals surface area contributed by atoms with Crippen molar-refractivity contribution in [2.75, 3.05) is 10.6 Å². The number of amidine groups is 1. The molecule has 0 bridgehead atoms. The van der Waals surface area contributed by atoms with Crippen LogP contribution < -0.4 is 10.6 Å². The highest BCUT2D eigenvalue weighted by Crippen LogP contribution is 2.27. The molecular weight excluding hydrogens is 262 g/mol. The lowest BCUT2D eigenvalue weighted by atomic mass is 10.1. The second kappa shape index (κ2) is 5.25. The quantitative estimate of drug-likeness (QED) is 0.677. The minimum Gasteiger partial charge on any atom is -0.399 e. The van der Waals surface area contributed by atoms with Crippen molar-refractivity contribution in [2.45, 2.75) is 6.92 Å². The highest BCUT2D eigenvalue weighted by molar-refractivity contribution is 6.32. The van der Waals surface area contributed by atoms with Gasteiger partial charge in [-0.25, -0.2) is 4.99 Å². The van der Waals surface area contributed by atoms with E-state index in [2.05, 4.69) is 4.99 Å². The molecule has 1 aliphatic rings. The molecule has 0 atom stereocenters. The van der Waals surface area contributed by atoms with Crippen LogP contribution in [0.5, 0.6) is 0 Å². The Hall–Kier alpha value is -2.88. The van der Waals surface area contributed by atoms with Crippen LogP contribution in [0, 0.1) is 0 Å². The number of nitrogens with zero attached hydrogens (tertiary/aromatic N) is 2. The van der Waals surface area contributed by atoms with Crippen molar-refractivity contribution in [3.05, 3.63) is 71.9 Å². The van der Waals surface area contributed by atoms with Gasteiger partial charge in [0.15, 0.2) is 0 Å². The van der Waals surface area contributed by atoms with Crippen molar-refractivity contribution in [1.82, 2.24) is 0 Å². The van der Waals surface area contributed by atoms with Crippen molar-refractivity contribution < 1.29 is 4.79 Å². The van der Waals surface area contributed by atoms with Gasteiger partial charge in [-0.05, 0) is 31.2 Å². The lowest BCUT2D eigenvalue weighted by Crippen LogP contribution is -2.32. The molecule has 4 nitrogen and oxygen atoms in total. The van der Waals surface area contributed by atoms with Crippen molar-refractivity contribution in [3.63, 3.8) is 0 Å². The second-order valence-corrected chi connectivity index (χ2v) is 4.71. The Morgan fingerprint density at radius 2 is 1.71 bits per heavy atom. The summed E-state index contributed by atoms with van der Waals surface area (Å²) in [5, 5.41) is 0. The molecule has 0 fully saturated rings. The SMILES string of the molecule is C/C=C1/N=C(c2ccccc2)N(c2ccc(N)cc2)C1=O. The molecule has 2 aromatic rings. The summed E-state index contributed by atoms with van der Waals surface area (Å²) >= 11 is 0. The lowest BCUT2D eigenvalue weighted by molar-refractivity contribution is -0.113. The molecule has 2 N–H and O–H groups in total. The number of carbonyl (C=O) groups is 1. The van der Waals surface area contributed by atoms with Crippen molar-refractivity contribution in [3.8, 4) is 0 Å². The largest absolute Gasteiger partial charge is 0.399 e. The first kappa shape index (κ1) is 13.1. The third-order valence-electron chi connectivity index (χ3n) is 3.32. The Kier molecular flexibility index (Phi) is 3.28. The van der Waals surface area contributed by atoms with Gasteiger partial charge in [0, 0.05) is 11.3 Å². The Labute approximate surface area is 123 Å². The maximum absolute atomic E-state index is 12.5. The predicted molar refractivity (Wildman–Crippen MR) is 85.1 cm³/mol. The molecule has 1 aliphatic heterocycles. The van der Waals surface area contributed by atoms with Gasteiger partial charge in [-0.2, -0.15) is 0 Å². The zero-order valence-electron chi connectivity index (χ0n) is 11.7. The van der Waals surface area contributed by atoms with Gasteiger partial charge in [-0.3, -0.25) is 9.69 Å². The van der Waals surface area contributed by atoms with Gasteiger partial charge in [-0.1, -0.05) is 36.4 Å². The van der Waals surface area contributed by atoms with E-state index in [1.54, 1.807) is 23.1 Å². The molecule has 0 saturated heterocycles. The van der Waals surface area contributed by atoms with Crippen molar-refractivity contribution in [1.29, 1.82) is 0 Å². The Balaban J connectivity index is 2.11. The third kappa shape index (κ3) is 2.31. The van der Waals surface area contributed by atoms with Crippen LogP contribution in [0.15, 0.2) is 71.4 Å². The fourth-order valence-corrected chi connectivity index (χ4v) is 2.25. The summed E-state index contributed by atoms with van der Waals surface area (Å²) in [4.78, 5) is 18.6. The zero-order valence-corrected chi connectivity index (χ0v) is 11.7. The molecule has 3 rings (SSSR count). The molecule has 0 spiro atoms. The topological polar surface area (TPSA) is 58.7 Å². The molecule has 21 heavy (non-hydrogen) atoms. The Morgan fingerprint density at radius 3 is 2.33 bits per heavy atom. The van der Waals surface area contributed by atoms with E-state index < -0.39 is 0 Å². The first-order chi connectivity index (χ1) is 10.2. The molecule has 2 aromatic carbocycles. The van der Waals surface area contributed by atoms with Gasteiger partial charge in [0.25, 0.3) is 5.91 Å². The first-order valence-electron chi connectivity index (χ1n) is 6.71. The Bertz CT molecular complexity index is 730. The molecule has 0 unspecified atom stereocenters. The average Bonchev–Trinajstić information content (AvgIpc) is 2.86. The van der Waals surface area contributed by atoms with Crippen LogP contribution >= 0.6 is 0 Å². The average molecular weight is 277 g/mol. The molecule has 1 amide bonds. The summed E-state index contributed by atoms with van der Waals surface area (Å²) in [6, 6.07) is 16.9. The number of nitrogen functional groups attached to an aromatic ring is 1. The van der Waals surface area contributed by atoms with Gasteiger partial charge < -0.3 is 5.73 Å². The minimum atomic E-state index is -0.124. The zero-order chi connectivity index (χ0) is 14.8. The number of aliphatic imine (C=N–C) groups is 1. The van der Waals surface area contributed by atoms with Crippen LogP contribution in [0.2, 0.25) is 0 Å². The van der Waals surface area contributed by atoms with E-state index in [9.17, 15) is 4.79 Å². The molecule has 4 heteroatoms. The smallest absolute Gasteiger partial charge is 0.282 e. The van der Waals surface area contributed by atoms with E-state index in [-0.39, 0.29) is 5.91 Å². The highest BCUT2D eigenvalue weighted by atomic mass is 16.2. The molecule has 0 aromatic heterocycles. The lowest BCUT2D eigenvalue weighted by Gasteiger charge is -2.18. The number of hydrogen-bond acceptors (Lipinski definition) is 3. The molecular formula is C17H15N3O. The van der Waals surface area contributed by atoms with Gasteiger partial charge in [0.2, 0.25) is 0 Å². The number of nitrogens with two attached hydrogens (primary N) is 1. The standard InChI is InChI=1S/C17H15N3O/c1-2-15-17(21)20(14-10-8-13(18)9-11-14)16(19-15)12-6-4-3-5-7-12/h2-11H,18H2,1H3/b15-2+. The summed E-state index contributed by atoms with van der Waals surface area (Å²) in [6.45, 7) is 1.81. The summed E-state index contributed by atoms with van der Waals surface area (Å²) in [5.74, 6) is 0.514. The number of carbonyl (C=O) groups excluding carboxylic acids is 1. The van der Waals surface area contributed by atoms with Crippen molar-refractivity contribution >= 4 is 23.1 Å². The van der Waals surface area contributed by atoms with Crippen LogP contribution in [0.25, 0.3) is 0 Å². The summed E-state index contributed by atoms with van der Waals surface area (Å²) < 4.78 is 0. The van der Waals surface area contributed by atoms with E-state index in [1.807, 2.05) is 49.4 Å². The summed E-state index contributed by atoms with van der Waals surface area (Å²) in [6.07, 6.45) is 1.72. The van der Waals surface area contributed by atoms with Crippen LogP contribution in [0.3, 0.4) is 0 Å². The van der Waals surface area contributed by atoms with Crippen molar-refractivity contribution in [2.24, 2.45) is 4.99 Å². The van der Waals surface area contributed by atoms with Crippen LogP contribution in [-0.2, 0) is 4.79 Å². The normalized spacial score (nSPS) is 16.4. The van der Waals surface area contributed by atoms with E-state index in [4.69, 9.17) is 5.73 Å². The fraction of sp³-hybridized carbons (Fsp3) is 0.0588. The van der Waals surface area contributed by atoms with Crippen LogP contribution in [-0.4, -0.2) is 11.7 Å². The molecule has 0 saturated carbocycles. The second-order valence-electron chi connectivity index (χ2n) is 4.71. The van der Waals surface area contributed by atoms with Gasteiger partial charge in [0.1, 0.15) is 11.5 Å². The highest BCUT2D eigenvalue weighted by Gasteiger charge is 2.31.